The number of carbonyl (C=O) groups is 1. The topological polar surface area (TPSA) is 80.3 Å². The Morgan fingerprint density at radius 2 is 2.30 bits per heavy atom. The quantitative estimate of drug-likeness (QED) is 0.855. The van der Waals surface area contributed by atoms with Crippen molar-refractivity contribution in [3.05, 3.63) is 41.1 Å². The molecule has 1 atom stereocenters. The monoisotopic (exact) mass is 277 g/mol. The Bertz CT molecular complexity index is 587. The lowest BCUT2D eigenvalue weighted by Gasteiger charge is -2.09. The van der Waals surface area contributed by atoms with E-state index in [1.807, 2.05) is 20.9 Å². The van der Waals surface area contributed by atoms with E-state index >= 15 is 0 Å². The molecule has 2 N–H and O–H groups in total. The van der Waals surface area contributed by atoms with Gasteiger partial charge in [-0.2, -0.15) is 5.10 Å². The van der Waals surface area contributed by atoms with Crippen LogP contribution < -0.4 is 5.32 Å². The number of furan rings is 1. The molecule has 0 aliphatic carbocycles. The first-order chi connectivity index (χ1) is 9.49. The van der Waals surface area contributed by atoms with Crippen LogP contribution >= 0.6 is 0 Å². The molecule has 0 aliphatic rings. The summed E-state index contributed by atoms with van der Waals surface area (Å²) < 4.78 is 6.83. The number of nitrogens with one attached hydrogen (secondary N) is 1. The van der Waals surface area contributed by atoms with Gasteiger partial charge in [0, 0.05) is 18.3 Å². The van der Waals surface area contributed by atoms with Crippen LogP contribution in [0.2, 0.25) is 0 Å². The minimum absolute atomic E-state index is 0.130. The molecule has 2 aromatic heterocycles. The predicted molar refractivity (Wildman–Crippen MR) is 73.1 cm³/mol. The van der Waals surface area contributed by atoms with E-state index in [4.69, 9.17) is 4.42 Å². The van der Waals surface area contributed by atoms with Crippen LogP contribution in [0.4, 0.5) is 0 Å². The highest BCUT2D eigenvalue weighted by molar-refractivity contribution is 5.79. The molecule has 0 aliphatic heterocycles. The predicted octanol–water partition coefficient (Wildman–Crippen LogP) is 1.02. The summed E-state index contributed by atoms with van der Waals surface area (Å²) in [6.45, 7) is 3.94. The lowest BCUT2D eigenvalue weighted by atomic mass is 10.1. The maximum atomic E-state index is 11.9. The van der Waals surface area contributed by atoms with Crippen LogP contribution in [-0.4, -0.2) is 27.3 Å². The van der Waals surface area contributed by atoms with E-state index in [1.165, 1.54) is 6.26 Å². The molecular weight excluding hydrogens is 258 g/mol. The van der Waals surface area contributed by atoms with Gasteiger partial charge >= 0.3 is 0 Å². The van der Waals surface area contributed by atoms with E-state index in [2.05, 4.69) is 10.4 Å². The molecule has 0 bridgehead atoms. The molecule has 0 radical (unpaired) electrons. The third-order valence-electron chi connectivity index (χ3n) is 3.36. The number of aromatic nitrogens is 2. The summed E-state index contributed by atoms with van der Waals surface area (Å²) in [6, 6.07) is 3.37. The third-order valence-corrected chi connectivity index (χ3v) is 3.36. The molecule has 0 spiro atoms. The van der Waals surface area contributed by atoms with Crippen LogP contribution in [0.15, 0.2) is 22.8 Å². The summed E-state index contributed by atoms with van der Waals surface area (Å²) in [5.41, 5.74) is 2.76. The summed E-state index contributed by atoms with van der Waals surface area (Å²) in [7, 11) is 1.85. The molecule has 2 heterocycles. The molecule has 6 heteroatoms. The van der Waals surface area contributed by atoms with Crippen molar-refractivity contribution >= 4 is 5.91 Å². The van der Waals surface area contributed by atoms with Crippen molar-refractivity contribution in [2.24, 2.45) is 7.05 Å². The van der Waals surface area contributed by atoms with Crippen LogP contribution in [-0.2, 0) is 18.3 Å². The number of hydrogen-bond donors (Lipinski definition) is 2. The van der Waals surface area contributed by atoms with Crippen molar-refractivity contribution < 1.29 is 14.3 Å². The van der Waals surface area contributed by atoms with Crippen molar-refractivity contribution in [2.45, 2.75) is 26.4 Å². The van der Waals surface area contributed by atoms with Crippen LogP contribution in [0.25, 0.3) is 0 Å². The van der Waals surface area contributed by atoms with E-state index in [-0.39, 0.29) is 18.9 Å². The number of aryl methyl sites for hydroxylation is 2. The van der Waals surface area contributed by atoms with Gasteiger partial charge in [-0.05, 0) is 26.0 Å². The third kappa shape index (κ3) is 3.08. The van der Waals surface area contributed by atoms with E-state index in [0.717, 1.165) is 17.0 Å². The number of amides is 1. The molecule has 1 amide bonds. The maximum absolute atomic E-state index is 11.9. The van der Waals surface area contributed by atoms with Gasteiger partial charge in [-0.3, -0.25) is 9.48 Å². The standard InChI is InChI=1S/C14H19N3O3/c1-9-11(10(2)17(3)16-9)7-14(19)15-8-12(18)13-5-4-6-20-13/h4-6,12,18H,7-8H2,1-3H3,(H,15,19). The van der Waals surface area contributed by atoms with Crippen molar-refractivity contribution in [1.29, 1.82) is 0 Å². The largest absolute Gasteiger partial charge is 0.467 e. The van der Waals surface area contributed by atoms with Crippen molar-refractivity contribution in [1.82, 2.24) is 15.1 Å². The zero-order valence-electron chi connectivity index (χ0n) is 11.9. The molecule has 0 saturated heterocycles. The molecule has 1 unspecified atom stereocenters. The molecule has 2 aromatic rings. The Morgan fingerprint density at radius 1 is 1.55 bits per heavy atom. The minimum atomic E-state index is -0.829. The fraction of sp³-hybridized carbons (Fsp3) is 0.429. The van der Waals surface area contributed by atoms with Gasteiger partial charge in [-0.15, -0.1) is 0 Å². The molecule has 6 nitrogen and oxygen atoms in total. The highest BCUT2D eigenvalue weighted by Gasteiger charge is 2.15. The van der Waals surface area contributed by atoms with Gasteiger partial charge in [0.1, 0.15) is 11.9 Å². The summed E-state index contributed by atoms with van der Waals surface area (Å²) in [4.78, 5) is 11.9. The van der Waals surface area contributed by atoms with Gasteiger partial charge in [0.25, 0.3) is 0 Å². The molecule has 2 rings (SSSR count). The minimum Gasteiger partial charge on any atom is -0.467 e. The first kappa shape index (κ1) is 14.3. The van der Waals surface area contributed by atoms with Crippen LogP contribution in [0.3, 0.4) is 0 Å². The van der Waals surface area contributed by atoms with Crippen LogP contribution in [0.1, 0.15) is 28.8 Å². The van der Waals surface area contributed by atoms with E-state index < -0.39 is 6.10 Å². The average Bonchev–Trinajstić information content (AvgIpc) is 3.01. The Labute approximate surface area is 117 Å². The smallest absolute Gasteiger partial charge is 0.224 e. The van der Waals surface area contributed by atoms with Gasteiger partial charge < -0.3 is 14.8 Å². The number of aliphatic hydroxyl groups excluding tert-OH is 1. The zero-order valence-corrected chi connectivity index (χ0v) is 11.9. The van der Waals surface area contributed by atoms with Gasteiger partial charge in [0.05, 0.1) is 24.9 Å². The summed E-state index contributed by atoms with van der Waals surface area (Å²) in [6.07, 6.45) is 0.920. The fourth-order valence-electron chi connectivity index (χ4n) is 2.09. The molecule has 0 saturated carbocycles. The SMILES string of the molecule is Cc1nn(C)c(C)c1CC(=O)NCC(O)c1ccco1. The lowest BCUT2D eigenvalue weighted by molar-refractivity contribution is -0.121. The van der Waals surface area contributed by atoms with Gasteiger partial charge in [0.2, 0.25) is 5.91 Å². The number of aliphatic hydroxyl groups is 1. The van der Waals surface area contributed by atoms with Gasteiger partial charge in [-0.1, -0.05) is 0 Å². The highest BCUT2D eigenvalue weighted by Crippen LogP contribution is 2.14. The van der Waals surface area contributed by atoms with Gasteiger partial charge in [-0.25, -0.2) is 0 Å². The van der Waals surface area contributed by atoms with E-state index in [0.29, 0.717) is 5.76 Å². The molecular formula is C14H19N3O3. The van der Waals surface area contributed by atoms with Crippen LogP contribution in [0.5, 0.6) is 0 Å². The fourth-order valence-corrected chi connectivity index (χ4v) is 2.09. The highest BCUT2D eigenvalue weighted by atomic mass is 16.4. The lowest BCUT2D eigenvalue weighted by Crippen LogP contribution is -2.29. The average molecular weight is 277 g/mol. The molecule has 0 aromatic carbocycles. The second-order valence-electron chi connectivity index (χ2n) is 4.79. The Hall–Kier alpha value is -2.08. The molecule has 108 valence electrons. The Morgan fingerprint density at radius 3 is 2.85 bits per heavy atom. The first-order valence-corrected chi connectivity index (χ1v) is 6.46. The number of nitrogens with zero attached hydrogens (tertiary/aromatic N) is 2. The molecule has 0 fully saturated rings. The Kier molecular flexibility index (Phi) is 4.24. The van der Waals surface area contributed by atoms with E-state index in [9.17, 15) is 9.90 Å². The second-order valence-corrected chi connectivity index (χ2v) is 4.79. The van der Waals surface area contributed by atoms with Crippen molar-refractivity contribution in [3.63, 3.8) is 0 Å². The zero-order chi connectivity index (χ0) is 14.7. The first-order valence-electron chi connectivity index (χ1n) is 6.46. The van der Waals surface area contributed by atoms with Crippen molar-refractivity contribution in [2.75, 3.05) is 6.54 Å². The molecule has 20 heavy (non-hydrogen) atoms. The van der Waals surface area contributed by atoms with Crippen molar-refractivity contribution in [3.8, 4) is 0 Å². The normalized spacial score (nSPS) is 12.4. The number of carbonyl (C=O) groups excluding carboxylic acids is 1. The number of hydrogen-bond acceptors (Lipinski definition) is 4. The summed E-state index contributed by atoms with van der Waals surface area (Å²) in [5, 5.41) is 16.8. The maximum Gasteiger partial charge on any atom is 0.224 e. The Balaban J connectivity index is 1.90. The summed E-state index contributed by atoms with van der Waals surface area (Å²) in [5.74, 6) is 0.300. The van der Waals surface area contributed by atoms with Crippen LogP contribution in [0, 0.1) is 13.8 Å². The number of rotatable bonds is 5. The second kappa shape index (κ2) is 5.92. The van der Waals surface area contributed by atoms with Gasteiger partial charge in [0.15, 0.2) is 0 Å². The van der Waals surface area contributed by atoms with E-state index in [1.54, 1.807) is 16.8 Å². The summed E-state index contributed by atoms with van der Waals surface area (Å²) >= 11 is 0.